The number of aliphatic hydroxyl groups excluding tert-OH is 5. The summed E-state index contributed by atoms with van der Waals surface area (Å²) in [4.78, 5) is 10.8. The zero-order valence-electron chi connectivity index (χ0n) is 9.25. The van der Waals surface area contributed by atoms with Gasteiger partial charge in [0.2, 0.25) is 0 Å². The van der Waals surface area contributed by atoms with Gasteiger partial charge < -0.3 is 40.5 Å². The summed E-state index contributed by atoms with van der Waals surface area (Å²) < 4.78 is 4.63. The molecule has 1 unspecified atom stereocenters. The van der Waals surface area contributed by atoms with Crippen LogP contribution in [0.15, 0.2) is 0 Å². The summed E-state index contributed by atoms with van der Waals surface area (Å²) in [5.74, 6) is -4.58. The molecule has 1 rings (SSSR count). The predicted octanol–water partition coefficient (Wildman–Crippen LogP) is -4.02. The lowest BCUT2D eigenvalue weighted by Gasteiger charge is -2.42. The largest absolute Gasteiger partial charge is 0.477 e. The second kappa shape index (κ2) is 5.45. The van der Waals surface area contributed by atoms with Crippen LogP contribution in [0.3, 0.4) is 0 Å². The van der Waals surface area contributed by atoms with Gasteiger partial charge in [0.15, 0.2) is 0 Å². The van der Waals surface area contributed by atoms with Crippen LogP contribution in [-0.4, -0.2) is 84.6 Å². The zero-order valence-corrected chi connectivity index (χ0v) is 9.25. The molecule has 0 aromatic rings. The van der Waals surface area contributed by atoms with Crippen molar-refractivity contribution in [1.82, 2.24) is 0 Å². The Morgan fingerprint density at radius 2 is 1.94 bits per heavy atom. The van der Waals surface area contributed by atoms with Crippen LogP contribution in [0.1, 0.15) is 6.42 Å². The van der Waals surface area contributed by atoms with E-state index in [-0.39, 0.29) is 0 Å². The Bertz CT molecular complexity index is 308. The highest BCUT2D eigenvalue weighted by Gasteiger charge is 2.53. The van der Waals surface area contributed by atoms with Crippen LogP contribution < -0.4 is 0 Å². The molecule has 7 N–H and O–H groups in total. The van der Waals surface area contributed by atoms with E-state index in [0.29, 0.717) is 0 Å². The Hall–Kier alpha value is -0.810. The molecule has 0 amide bonds. The van der Waals surface area contributed by atoms with E-state index < -0.39 is 55.3 Å². The van der Waals surface area contributed by atoms with Crippen molar-refractivity contribution in [2.75, 3.05) is 6.61 Å². The highest BCUT2D eigenvalue weighted by atomic mass is 16.7. The summed E-state index contributed by atoms with van der Waals surface area (Å²) in [6.45, 7) is -0.866. The fraction of sp³-hybridized carbons (Fsp3) is 0.889. The monoisotopic (exact) mass is 268 g/mol. The molecule has 0 radical (unpaired) electrons. The van der Waals surface area contributed by atoms with Gasteiger partial charge in [-0.2, -0.15) is 0 Å². The molecule has 1 aliphatic heterocycles. The lowest BCUT2D eigenvalue weighted by atomic mass is 9.91. The number of hydrogen-bond acceptors (Lipinski definition) is 8. The average molecular weight is 268 g/mol. The summed E-state index contributed by atoms with van der Waals surface area (Å²) in [6, 6.07) is 0. The van der Waals surface area contributed by atoms with Gasteiger partial charge in [-0.1, -0.05) is 0 Å². The molecule has 1 fully saturated rings. The van der Waals surface area contributed by atoms with Crippen molar-refractivity contribution in [2.45, 2.75) is 42.7 Å². The Morgan fingerprint density at radius 3 is 2.39 bits per heavy atom. The van der Waals surface area contributed by atoms with Gasteiger partial charge in [-0.05, 0) is 0 Å². The normalized spacial score (nSPS) is 40.2. The minimum atomic E-state index is -2.78. The second-order valence-electron chi connectivity index (χ2n) is 4.17. The van der Waals surface area contributed by atoms with Crippen molar-refractivity contribution >= 4 is 5.97 Å². The molecule has 1 aliphatic rings. The molecule has 9 heteroatoms. The maximum Gasteiger partial charge on any atom is 0.364 e. The quantitative estimate of drug-likeness (QED) is 0.268. The molecule has 18 heavy (non-hydrogen) atoms. The van der Waals surface area contributed by atoms with Gasteiger partial charge in [0.05, 0.1) is 12.7 Å². The van der Waals surface area contributed by atoms with Crippen molar-refractivity contribution < 1.29 is 45.3 Å². The van der Waals surface area contributed by atoms with Crippen LogP contribution in [0.2, 0.25) is 0 Å². The van der Waals surface area contributed by atoms with Crippen LogP contribution in [0, 0.1) is 0 Å². The SMILES string of the molecule is O=C(O)C1(O)C[C@@H](O)[C@@H](O)[C@@H]([C@H](O)[C@H](O)CO)O1. The molecule has 0 bridgehead atoms. The molecule has 0 aromatic heterocycles. The maximum absolute atomic E-state index is 10.8. The van der Waals surface area contributed by atoms with Gasteiger partial charge in [0, 0.05) is 6.42 Å². The van der Waals surface area contributed by atoms with E-state index in [9.17, 15) is 30.3 Å². The molecule has 1 saturated heterocycles. The highest BCUT2D eigenvalue weighted by molar-refractivity contribution is 5.75. The highest BCUT2D eigenvalue weighted by Crippen LogP contribution is 2.30. The third-order valence-electron chi connectivity index (χ3n) is 2.80. The first-order chi connectivity index (χ1) is 8.23. The van der Waals surface area contributed by atoms with Crippen LogP contribution >= 0.6 is 0 Å². The van der Waals surface area contributed by atoms with Crippen molar-refractivity contribution in [3.8, 4) is 0 Å². The van der Waals surface area contributed by atoms with Crippen molar-refractivity contribution in [2.24, 2.45) is 0 Å². The fourth-order valence-electron chi connectivity index (χ4n) is 1.70. The van der Waals surface area contributed by atoms with E-state index in [1.54, 1.807) is 0 Å². The first kappa shape index (κ1) is 15.2. The Morgan fingerprint density at radius 1 is 1.39 bits per heavy atom. The average Bonchev–Trinajstić information content (AvgIpc) is 2.31. The van der Waals surface area contributed by atoms with E-state index in [2.05, 4.69) is 4.74 Å². The topological polar surface area (TPSA) is 168 Å². The standard InChI is InChI=1S/C9H16O9/c10-2-4(12)6(14)7-5(13)3(11)1-9(17,18-7)8(15)16/h3-7,10-14,17H,1-2H2,(H,15,16)/t3-,4-,5-,6-,7+,9?/m1/s1. The summed E-state index contributed by atoms with van der Waals surface area (Å²) >= 11 is 0. The smallest absolute Gasteiger partial charge is 0.364 e. The lowest BCUT2D eigenvalue weighted by molar-refractivity contribution is -0.312. The Labute approximate surface area is 101 Å². The molecular weight excluding hydrogens is 252 g/mol. The zero-order chi connectivity index (χ0) is 14.1. The van der Waals surface area contributed by atoms with Gasteiger partial charge in [0.25, 0.3) is 5.79 Å². The van der Waals surface area contributed by atoms with Crippen LogP contribution in [0.25, 0.3) is 0 Å². The molecule has 9 nitrogen and oxygen atoms in total. The van der Waals surface area contributed by atoms with Crippen molar-refractivity contribution in [3.63, 3.8) is 0 Å². The Kier molecular flexibility index (Phi) is 4.61. The number of hydrogen-bond donors (Lipinski definition) is 7. The first-order valence-corrected chi connectivity index (χ1v) is 5.19. The molecule has 106 valence electrons. The molecule has 0 spiro atoms. The number of rotatable bonds is 4. The maximum atomic E-state index is 10.8. The van der Waals surface area contributed by atoms with E-state index in [1.165, 1.54) is 0 Å². The molecule has 0 saturated carbocycles. The third kappa shape index (κ3) is 2.78. The van der Waals surface area contributed by atoms with Gasteiger partial charge in [-0.15, -0.1) is 0 Å². The number of carboxylic acids is 1. The summed E-state index contributed by atoms with van der Waals surface area (Å²) in [5, 5.41) is 64.6. The van der Waals surface area contributed by atoms with Crippen LogP contribution in [-0.2, 0) is 9.53 Å². The number of carbonyl (C=O) groups is 1. The third-order valence-corrected chi connectivity index (χ3v) is 2.80. The van der Waals surface area contributed by atoms with Crippen LogP contribution in [0.4, 0.5) is 0 Å². The summed E-state index contributed by atoms with van der Waals surface area (Å²) in [6.07, 6.45) is -9.50. The van der Waals surface area contributed by atoms with Gasteiger partial charge in [-0.3, -0.25) is 0 Å². The lowest BCUT2D eigenvalue weighted by Crippen LogP contribution is -2.63. The van der Waals surface area contributed by atoms with E-state index in [1.807, 2.05) is 0 Å². The van der Waals surface area contributed by atoms with E-state index in [4.69, 9.17) is 10.2 Å². The summed E-state index contributed by atoms with van der Waals surface area (Å²) in [7, 11) is 0. The second-order valence-corrected chi connectivity index (χ2v) is 4.17. The number of aliphatic hydroxyl groups is 6. The predicted molar refractivity (Wildman–Crippen MR) is 53.2 cm³/mol. The molecule has 0 aliphatic carbocycles. The first-order valence-electron chi connectivity index (χ1n) is 5.19. The van der Waals surface area contributed by atoms with Crippen molar-refractivity contribution in [1.29, 1.82) is 0 Å². The van der Waals surface area contributed by atoms with E-state index >= 15 is 0 Å². The van der Waals surface area contributed by atoms with Gasteiger partial charge in [-0.25, -0.2) is 4.79 Å². The molecule has 1 heterocycles. The Balaban J connectivity index is 2.92. The van der Waals surface area contributed by atoms with Crippen LogP contribution in [0.5, 0.6) is 0 Å². The van der Waals surface area contributed by atoms with Gasteiger partial charge in [0.1, 0.15) is 24.4 Å². The molecule has 6 atom stereocenters. The minimum Gasteiger partial charge on any atom is -0.477 e. The minimum absolute atomic E-state index is 0.790. The van der Waals surface area contributed by atoms with E-state index in [0.717, 1.165) is 0 Å². The van der Waals surface area contributed by atoms with Gasteiger partial charge >= 0.3 is 5.97 Å². The van der Waals surface area contributed by atoms with Crippen molar-refractivity contribution in [3.05, 3.63) is 0 Å². The molecular formula is C9H16O9. The summed E-state index contributed by atoms with van der Waals surface area (Å²) in [5.41, 5.74) is 0. The number of ether oxygens (including phenoxy) is 1. The number of carboxylic acid groups (broad SMARTS) is 1. The molecule has 0 aromatic carbocycles. The number of aliphatic carboxylic acids is 1. The fourth-order valence-corrected chi connectivity index (χ4v) is 1.70.